The maximum Gasteiger partial charge on any atom is 0.0577 e. The smallest absolute Gasteiger partial charge is 0.0577 e. The van der Waals surface area contributed by atoms with E-state index in [1.807, 2.05) is 0 Å². The largest absolute Gasteiger partial charge is 0.393 e. The van der Waals surface area contributed by atoms with E-state index in [-0.39, 0.29) is 6.10 Å². The van der Waals surface area contributed by atoms with Crippen molar-refractivity contribution in [2.24, 2.45) is 46.3 Å². The van der Waals surface area contributed by atoms with Crippen LogP contribution in [0.3, 0.4) is 0 Å². The van der Waals surface area contributed by atoms with Gasteiger partial charge in [0.05, 0.1) is 6.10 Å². The zero-order chi connectivity index (χ0) is 25.8. The molecule has 0 amide bonds. The van der Waals surface area contributed by atoms with Crippen LogP contribution in [0.25, 0.3) is 0 Å². The van der Waals surface area contributed by atoms with Gasteiger partial charge in [0.1, 0.15) is 0 Å². The maximum absolute atomic E-state index is 10.2. The molecular weight excluding hydrogens is 426 g/mol. The molecule has 4 aliphatic carbocycles. The van der Waals surface area contributed by atoms with E-state index >= 15 is 0 Å². The highest BCUT2D eigenvalue weighted by Crippen LogP contribution is 2.67. The van der Waals surface area contributed by atoms with Crippen molar-refractivity contribution < 1.29 is 5.11 Å². The summed E-state index contributed by atoms with van der Waals surface area (Å²) < 4.78 is 0. The summed E-state index contributed by atoms with van der Waals surface area (Å²) in [5, 5.41) is 10.2. The standard InChI is InChI=1S/C27H46O.C6H15N/c1-18(2)7-6-8-19(3)23-11-12-24-22-10-9-20-17-21(28)13-15-26(20,4)25(22)14-16-27(23,24)5;1-4-7(5-2)6-3/h9,18-19,21-25,28H,6-8,10-17H2,1-5H3;4-6H2,1-3H3/t19?,21-,22-,23+,24-,25-,26-,27+;/m0./s1. The van der Waals surface area contributed by atoms with Crippen LogP contribution in [0.4, 0.5) is 0 Å². The van der Waals surface area contributed by atoms with Crippen LogP contribution in [0.1, 0.15) is 126 Å². The number of fused-ring (bicyclic) bond motifs is 5. The average molecular weight is 488 g/mol. The van der Waals surface area contributed by atoms with Gasteiger partial charge in [-0.3, -0.25) is 0 Å². The Labute approximate surface area is 219 Å². The highest BCUT2D eigenvalue weighted by atomic mass is 16.3. The van der Waals surface area contributed by atoms with Crippen LogP contribution in [0.15, 0.2) is 11.6 Å². The third-order valence-corrected chi connectivity index (χ3v) is 11.6. The average Bonchev–Trinajstić information content (AvgIpc) is 3.18. The first-order chi connectivity index (χ1) is 16.6. The number of nitrogens with zero attached hydrogens (tertiary/aromatic N) is 1. The molecule has 1 N–H and O–H groups in total. The van der Waals surface area contributed by atoms with E-state index < -0.39 is 0 Å². The van der Waals surface area contributed by atoms with Crippen molar-refractivity contribution in [2.75, 3.05) is 19.6 Å². The normalized spacial score (nSPS) is 39.3. The summed E-state index contributed by atoms with van der Waals surface area (Å²) in [6.07, 6.45) is 17.2. The van der Waals surface area contributed by atoms with Crippen molar-refractivity contribution >= 4 is 0 Å². The quantitative estimate of drug-likeness (QED) is 0.346. The number of allylic oxidation sites excluding steroid dienone is 1. The molecule has 0 aromatic rings. The fourth-order valence-corrected chi connectivity index (χ4v) is 9.34. The van der Waals surface area contributed by atoms with Gasteiger partial charge < -0.3 is 10.0 Å². The summed E-state index contributed by atoms with van der Waals surface area (Å²) in [5.74, 6) is 5.46. The van der Waals surface area contributed by atoms with Gasteiger partial charge in [0.25, 0.3) is 0 Å². The van der Waals surface area contributed by atoms with E-state index in [4.69, 9.17) is 0 Å². The van der Waals surface area contributed by atoms with Crippen LogP contribution in [0.5, 0.6) is 0 Å². The van der Waals surface area contributed by atoms with Gasteiger partial charge in [-0.05, 0) is 117 Å². The Morgan fingerprint density at radius 3 is 2.20 bits per heavy atom. The molecular formula is C33H61NO. The fourth-order valence-electron chi connectivity index (χ4n) is 9.34. The fraction of sp³-hybridized carbons (Fsp3) is 0.939. The predicted molar refractivity (Wildman–Crippen MR) is 153 cm³/mol. The van der Waals surface area contributed by atoms with E-state index in [1.165, 1.54) is 77.4 Å². The lowest BCUT2D eigenvalue weighted by Gasteiger charge is -2.58. The zero-order valence-electron chi connectivity index (χ0n) is 24.9. The molecule has 0 heterocycles. The number of rotatable bonds is 8. The molecule has 3 saturated carbocycles. The Morgan fingerprint density at radius 1 is 0.914 bits per heavy atom. The second-order valence-electron chi connectivity index (χ2n) is 13.8. The Bertz CT molecular complexity index is 675. The number of aliphatic hydroxyl groups excluding tert-OH is 1. The molecule has 0 spiro atoms. The van der Waals surface area contributed by atoms with E-state index in [0.717, 1.165) is 48.3 Å². The molecule has 204 valence electrons. The van der Waals surface area contributed by atoms with Gasteiger partial charge >= 0.3 is 0 Å². The number of hydrogen-bond acceptors (Lipinski definition) is 2. The summed E-state index contributed by atoms with van der Waals surface area (Å²) in [5.41, 5.74) is 2.60. The molecule has 35 heavy (non-hydrogen) atoms. The van der Waals surface area contributed by atoms with Crippen LogP contribution >= 0.6 is 0 Å². The first-order valence-corrected chi connectivity index (χ1v) is 15.7. The summed E-state index contributed by atoms with van der Waals surface area (Å²) in [6.45, 7) is 22.7. The molecule has 3 fully saturated rings. The van der Waals surface area contributed by atoms with Crippen molar-refractivity contribution in [3.8, 4) is 0 Å². The lowest BCUT2D eigenvalue weighted by molar-refractivity contribution is -0.0573. The van der Waals surface area contributed by atoms with Gasteiger partial charge in [0, 0.05) is 0 Å². The molecule has 4 aliphatic rings. The van der Waals surface area contributed by atoms with Gasteiger partial charge in [-0.15, -0.1) is 0 Å². The highest BCUT2D eigenvalue weighted by Gasteiger charge is 2.59. The Balaban J connectivity index is 0.000000429. The Morgan fingerprint density at radius 2 is 1.60 bits per heavy atom. The van der Waals surface area contributed by atoms with Crippen LogP contribution in [0.2, 0.25) is 0 Å². The minimum Gasteiger partial charge on any atom is -0.393 e. The number of hydrogen-bond donors (Lipinski definition) is 1. The van der Waals surface area contributed by atoms with Gasteiger partial charge in [-0.1, -0.05) is 86.3 Å². The van der Waals surface area contributed by atoms with E-state index in [9.17, 15) is 5.11 Å². The molecule has 0 bridgehead atoms. The molecule has 8 atom stereocenters. The molecule has 4 rings (SSSR count). The minimum absolute atomic E-state index is 0.0766. The van der Waals surface area contributed by atoms with Crippen molar-refractivity contribution in [1.82, 2.24) is 4.90 Å². The minimum atomic E-state index is -0.0766. The maximum atomic E-state index is 10.2. The van der Waals surface area contributed by atoms with Gasteiger partial charge in [0.15, 0.2) is 0 Å². The van der Waals surface area contributed by atoms with E-state index in [0.29, 0.717) is 10.8 Å². The van der Waals surface area contributed by atoms with Crippen molar-refractivity contribution in [1.29, 1.82) is 0 Å². The SMILES string of the molecule is CC(C)CCCC(C)[C@H]1CC[C@H]2[C@@H]3CC=C4C[C@@H](O)CC[C@]4(C)[C@H]3CC[C@]12C.CCN(CC)CC. The summed E-state index contributed by atoms with van der Waals surface area (Å²) in [4.78, 5) is 2.38. The summed E-state index contributed by atoms with van der Waals surface area (Å²) in [7, 11) is 0. The van der Waals surface area contributed by atoms with Gasteiger partial charge in [-0.2, -0.15) is 0 Å². The van der Waals surface area contributed by atoms with Gasteiger partial charge in [-0.25, -0.2) is 0 Å². The molecule has 1 unspecified atom stereocenters. The van der Waals surface area contributed by atoms with Crippen LogP contribution in [-0.4, -0.2) is 35.7 Å². The van der Waals surface area contributed by atoms with E-state index in [2.05, 4.69) is 66.4 Å². The molecule has 2 heteroatoms. The molecule has 0 saturated heterocycles. The zero-order valence-corrected chi connectivity index (χ0v) is 24.9. The van der Waals surface area contributed by atoms with E-state index in [1.54, 1.807) is 5.57 Å². The molecule has 0 aromatic carbocycles. The van der Waals surface area contributed by atoms with Crippen molar-refractivity contribution in [3.05, 3.63) is 11.6 Å². The Kier molecular flexibility index (Phi) is 10.4. The summed E-state index contributed by atoms with van der Waals surface area (Å²) in [6, 6.07) is 0. The van der Waals surface area contributed by atoms with Gasteiger partial charge in [0.2, 0.25) is 0 Å². The first-order valence-electron chi connectivity index (χ1n) is 15.7. The third kappa shape index (κ3) is 6.22. The first kappa shape index (κ1) is 29.2. The molecule has 0 aliphatic heterocycles. The van der Waals surface area contributed by atoms with Crippen molar-refractivity contribution in [3.63, 3.8) is 0 Å². The second-order valence-corrected chi connectivity index (χ2v) is 13.8. The highest BCUT2D eigenvalue weighted by molar-refractivity contribution is 5.25. The third-order valence-electron chi connectivity index (χ3n) is 11.6. The molecule has 0 aromatic heterocycles. The Hall–Kier alpha value is -0.340. The lowest BCUT2D eigenvalue weighted by Crippen LogP contribution is -2.50. The van der Waals surface area contributed by atoms with Crippen LogP contribution in [-0.2, 0) is 0 Å². The summed E-state index contributed by atoms with van der Waals surface area (Å²) >= 11 is 0. The molecule has 2 nitrogen and oxygen atoms in total. The monoisotopic (exact) mass is 487 g/mol. The second kappa shape index (κ2) is 12.5. The number of aliphatic hydroxyl groups is 1. The topological polar surface area (TPSA) is 23.5 Å². The van der Waals surface area contributed by atoms with Crippen molar-refractivity contribution in [2.45, 2.75) is 132 Å². The van der Waals surface area contributed by atoms with Crippen LogP contribution in [0, 0.1) is 46.3 Å². The molecule has 0 radical (unpaired) electrons. The van der Waals surface area contributed by atoms with Crippen LogP contribution < -0.4 is 0 Å². The lowest BCUT2D eigenvalue weighted by atomic mass is 9.47. The predicted octanol–water partition coefficient (Wildman–Crippen LogP) is 8.74.